The third kappa shape index (κ3) is 3.19. The molecule has 1 N–H and O–H groups in total. The van der Waals surface area contributed by atoms with Crippen LogP contribution in [0, 0.1) is 12.3 Å². The average molecular weight is 243 g/mol. The highest BCUT2D eigenvalue weighted by atomic mass is 16.3. The maximum Gasteiger partial charge on any atom is 0.123 e. The summed E-state index contributed by atoms with van der Waals surface area (Å²) in [5, 5.41) is 13.6. The molecule has 0 saturated carbocycles. The van der Waals surface area contributed by atoms with Crippen molar-refractivity contribution in [2.24, 2.45) is 5.11 Å². The highest BCUT2D eigenvalue weighted by Crippen LogP contribution is 2.31. The highest BCUT2D eigenvalue weighted by molar-refractivity contribution is 5.47. The van der Waals surface area contributed by atoms with E-state index in [1.165, 1.54) is 0 Å². The molecule has 0 fully saturated rings. The summed E-state index contributed by atoms with van der Waals surface area (Å²) in [5.41, 5.74) is 10.7. The van der Waals surface area contributed by atoms with Crippen molar-refractivity contribution in [3.05, 3.63) is 39.3 Å². The zero-order valence-corrected chi connectivity index (χ0v) is 10.9. The van der Waals surface area contributed by atoms with Gasteiger partial charge in [0.25, 0.3) is 0 Å². The Kier molecular flexibility index (Phi) is 4.25. The second kappa shape index (κ2) is 5.48. The van der Waals surface area contributed by atoms with E-state index >= 15 is 0 Å². The first-order valence-corrected chi connectivity index (χ1v) is 5.69. The molecule has 1 rings (SSSR count). The number of hydrogen-bond acceptors (Lipinski definition) is 2. The summed E-state index contributed by atoms with van der Waals surface area (Å²) in [6.07, 6.45) is 5.66. The van der Waals surface area contributed by atoms with Gasteiger partial charge in [0.2, 0.25) is 0 Å². The van der Waals surface area contributed by atoms with Gasteiger partial charge in [-0.2, -0.15) is 0 Å². The van der Waals surface area contributed by atoms with Crippen LogP contribution in [-0.4, -0.2) is 5.11 Å². The van der Waals surface area contributed by atoms with Crippen molar-refractivity contribution in [1.29, 1.82) is 0 Å². The van der Waals surface area contributed by atoms with Gasteiger partial charge in [-0.15, -0.1) is 12.3 Å². The second-order valence-electron chi connectivity index (χ2n) is 5.16. The minimum absolute atomic E-state index is 0.0534. The predicted molar refractivity (Wildman–Crippen MR) is 72.2 cm³/mol. The summed E-state index contributed by atoms with van der Waals surface area (Å²) in [7, 11) is 0. The second-order valence-corrected chi connectivity index (χ2v) is 5.16. The number of aromatic hydroxyl groups is 1. The molecule has 0 aliphatic carbocycles. The van der Waals surface area contributed by atoms with Crippen molar-refractivity contribution in [2.45, 2.75) is 39.2 Å². The molecule has 0 atom stereocenters. The van der Waals surface area contributed by atoms with Crippen LogP contribution in [0.15, 0.2) is 17.2 Å². The zero-order chi connectivity index (χ0) is 13.8. The van der Waals surface area contributed by atoms with Crippen molar-refractivity contribution >= 4 is 0 Å². The van der Waals surface area contributed by atoms with E-state index in [0.29, 0.717) is 17.5 Å². The number of rotatable bonds is 3. The smallest absolute Gasteiger partial charge is 0.123 e. The molecule has 4 heteroatoms. The van der Waals surface area contributed by atoms with Gasteiger partial charge in [0.05, 0.1) is 6.54 Å². The van der Waals surface area contributed by atoms with Crippen LogP contribution in [0.25, 0.3) is 10.4 Å². The summed E-state index contributed by atoms with van der Waals surface area (Å²) >= 11 is 0. The minimum atomic E-state index is -0.0534. The van der Waals surface area contributed by atoms with Crippen LogP contribution in [0.2, 0.25) is 0 Å². The molecule has 1 aromatic rings. The molecule has 0 saturated heterocycles. The summed E-state index contributed by atoms with van der Waals surface area (Å²) in [6, 6.07) is 3.78. The van der Waals surface area contributed by atoms with Crippen LogP contribution in [0.3, 0.4) is 0 Å². The number of phenolic OH excluding ortho intramolecular Hbond substituents is 1. The van der Waals surface area contributed by atoms with Crippen LogP contribution in [0.1, 0.15) is 37.5 Å². The van der Waals surface area contributed by atoms with E-state index in [0.717, 1.165) is 5.56 Å². The lowest BCUT2D eigenvalue weighted by molar-refractivity contribution is 0.461. The number of hydrogen-bond donors (Lipinski definition) is 1. The molecule has 0 spiro atoms. The van der Waals surface area contributed by atoms with Crippen molar-refractivity contribution in [2.75, 3.05) is 0 Å². The topological polar surface area (TPSA) is 69.0 Å². The lowest BCUT2D eigenvalue weighted by atomic mass is 9.84. The van der Waals surface area contributed by atoms with Gasteiger partial charge in [-0.25, -0.2) is 0 Å². The molecule has 0 bridgehead atoms. The fraction of sp³-hybridized carbons (Fsp3) is 0.429. The highest BCUT2D eigenvalue weighted by Gasteiger charge is 2.18. The van der Waals surface area contributed by atoms with E-state index in [2.05, 4.69) is 36.7 Å². The molecule has 4 nitrogen and oxygen atoms in total. The molecular formula is C14H17N3O. The first kappa shape index (κ1) is 14.0. The normalized spacial score (nSPS) is 10.6. The van der Waals surface area contributed by atoms with Crippen molar-refractivity contribution in [3.8, 4) is 18.1 Å². The molecule has 1 aromatic carbocycles. The van der Waals surface area contributed by atoms with Crippen molar-refractivity contribution in [1.82, 2.24) is 0 Å². The van der Waals surface area contributed by atoms with Gasteiger partial charge in [0.15, 0.2) is 0 Å². The standard InChI is InChI=1S/C14H17N3O/c1-5-6-10-7-12(14(2,3)4)8-11(13(10)18)9-16-17-15/h1,7-8,18H,6,9H2,2-4H3. The van der Waals surface area contributed by atoms with Gasteiger partial charge in [-0.05, 0) is 16.5 Å². The number of azide groups is 1. The molecule has 94 valence electrons. The molecular weight excluding hydrogens is 226 g/mol. The maximum absolute atomic E-state index is 10.1. The molecule has 0 heterocycles. The first-order chi connectivity index (χ1) is 8.40. The molecule has 0 amide bonds. The third-order valence-electron chi connectivity index (χ3n) is 2.73. The molecule has 18 heavy (non-hydrogen) atoms. The number of phenols is 1. The fourth-order valence-electron chi connectivity index (χ4n) is 1.67. The Balaban J connectivity index is 3.37. The van der Waals surface area contributed by atoms with E-state index in [1.54, 1.807) is 0 Å². The fourth-order valence-corrected chi connectivity index (χ4v) is 1.67. The average Bonchev–Trinajstić information content (AvgIpc) is 2.29. The van der Waals surface area contributed by atoms with E-state index < -0.39 is 0 Å². The number of nitrogens with zero attached hydrogens (tertiary/aromatic N) is 3. The lowest BCUT2D eigenvalue weighted by Gasteiger charge is -2.21. The van der Waals surface area contributed by atoms with Gasteiger partial charge in [-0.3, -0.25) is 0 Å². The van der Waals surface area contributed by atoms with Gasteiger partial charge in [0, 0.05) is 22.5 Å². The quantitative estimate of drug-likeness (QED) is 0.374. The largest absolute Gasteiger partial charge is 0.507 e. The van der Waals surface area contributed by atoms with Crippen LogP contribution in [-0.2, 0) is 18.4 Å². The summed E-state index contributed by atoms with van der Waals surface area (Å²) in [5.74, 6) is 2.66. The Bertz CT molecular complexity index is 529. The Morgan fingerprint density at radius 2 is 2.00 bits per heavy atom. The third-order valence-corrected chi connectivity index (χ3v) is 2.73. The van der Waals surface area contributed by atoms with E-state index in [9.17, 15) is 5.11 Å². The first-order valence-electron chi connectivity index (χ1n) is 5.69. The Labute approximate surface area is 107 Å². The van der Waals surface area contributed by atoms with Crippen LogP contribution in [0.4, 0.5) is 0 Å². The van der Waals surface area contributed by atoms with Crippen molar-refractivity contribution < 1.29 is 5.11 Å². The van der Waals surface area contributed by atoms with Gasteiger partial charge in [0.1, 0.15) is 5.75 Å². The van der Waals surface area contributed by atoms with Gasteiger partial charge in [-0.1, -0.05) is 38.0 Å². The van der Waals surface area contributed by atoms with E-state index in [4.69, 9.17) is 12.0 Å². The number of benzene rings is 1. The molecule has 0 radical (unpaired) electrons. The van der Waals surface area contributed by atoms with Crippen molar-refractivity contribution in [3.63, 3.8) is 0 Å². The van der Waals surface area contributed by atoms with Gasteiger partial charge >= 0.3 is 0 Å². The lowest BCUT2D eigenvalue weighted by Crippen LogP contribution is -2.12. The predicted octanol–water partition coefficient (Wildman–Crippen LogP) is 3.68. The van der Waals surface area contributed by atoms with E-state index in [-0.39, 0.29) is 17.7 Å². The van der Waals surface area contributed by atoms with Crippen LogP contribution in [0.5, 0.6) is 5.75 Å². The molecule has 0 aromatic heterocycles. The van der Waals surface area contributed by atoms with Crippen LogP contribution < -0.4 is 0 Å². The Morgan fingerprint density at radius 1 is 1.39 bits per heavy atom. The Hall–Kier alpha value is -2.11. The Morgan fingerprint density at radius 3 is 2.50 bits per heavy atom. The van der Waals surface area contributed by atoms with Crippen LogP contribution >= 0.6 is 0 Å². The number of terminal acetylenes is 1. The molecule has 0 aliphatic rings. The monoisotopic (exact) mass is 243 g/mol. The summed E-state index contributed by atoms with van der Waals surface area (Å²) < 4.78 is 0. The molecule has 0 aliphatic heterocycles. The van der Waals surface area contributed by atoms with E-state index in [1.807, 2.05) is 12.1 Å². The molecule has 0 unspecified atom stereocenters. The summed E-state index contributed by atoms with van der Waals surface area (Å²) in [4.78, 5) is 2.71. The SMILES string of the molecule is C#CCc1cc(C(C)(C)C)cc(CN=[N+]=[N-])c1O. The minimum Gasteiger partial charge on any atom is -0.507 e. The zero-order valence-electron chi connectivity index (χ0n) is 10.9. The summed E-state index contributed by atoms with van der Waals surface area (Å²) in [6.45, 7) is 6.37. The van der Waals surface area contributed by atoms with Gasteiger partial charge < -0.3 is 5.11 Å². The maximum atomic E-state index is 10.1.